The number of aromatic nitrogens is 1. The molecule has 0 amide bonds. The minimum Gasteiger partial charge on any atom is -0.490 e. The molecule has 2 aromatic carbocycles. The Balaban J connectivity index is 1.41. The van der Waals surface area contributed by atoms with Gasteiger partial charge in [-0.15, -0.1) is 0 Å². The van der Waals surface area contributed by atoms with Crippen molar-refractivity contribution in [1.82, 2.24) is 4.98 Å². The number of carbonyl (C=O) groups excluding carboxylic acids is 1. The second-order valence-corrected chi connectivity index (χ2v) is 9.41. The van der Waals surface area contributed by atoms with Crippen molar-refractivity contribution in [2.75, 3.05) is 0 Å². The van der Waals surface area contributed by atoms with E-state index in [1.54, 1.807) is 48.5 Å². The van der Waals surface area contributed by atoms with Crippen molar-refractivity contribution >= 4 is 28.3 Å². The zero-order valence-corrected chi connectivity index (χ0v) is 19.7. The molecule has 34 heavy (non-hydrogen) atoms. The number of fused-ring (bicyclic) bond motifs is 1. The number of hydrogen-bond acceptors (Lipinski definition) is 3. The molecule has 3 aromatic rings. The lowest BCUT2D eigenvalue weighted by atomic mass is 9.75. The molecule has 1 aromatic heterocycles. The molecule has 7 heteroatoms. The normalized spacial score (nSPS) is 19.7. The number of alkyl halides is 3. The first-order valence-corrected chi connectivity index (χ1v) is 12.0. The number of hydrogen-bond donors (Lipinski definition) is 0. The van der Waals surface area contributed by atoms with Crippen molar-refractivity contribution < 1.29 is 22.7 Å². The zero-order chi connectivity index (χ0) is 24.3. The van der Waals surface area contributed by atoms with E-state index in [0.717, 1.165) is 38.2 Å². The predicted octanol–water partition coefficient (Wildman–Crippen LogP) is 8.14. The number of nitrogens with zero attached hydrogens (tertiary/aromatic N) is 1. The molecule has 4 rings (SSSR count). The summed E-state index contributed by atoms with van der Waals surface area (Å²) in [6.07, 6.45) is -0.0589. The van der Waals surface area contributed by atoms with E-state index in [-0.39, 0.29) is 29.1 Å². The molecule has 1 aliphatic rings. The van der Waals surface area contributed by atoms with Crippen molar-refractivity contribution in [3.05, 3.63) is 70.9 Å². The van der Waals surface area contributed by atoms with Gasteiger partial charge in [0.2, 0.25) is 0 Å². The van der Waals surface area contributed by atoms with Gasteiger partial charge in [-0.2, -0.15) is 13.2 Å². The molecule has 1 saturated carbocycles. The summed E-state index contributed by atoms with van der Waals surface area (Å²) in [6, 6.07) is 14.7. The Labute approximate surface area is 202 Å². The largest absolute Gasteiger partial charge is 0.490 e. The van der Waals surface area contributed by atoms with Gasteiger partial charge in [0.05, 0.1) is 11.6 Å². The van der Waals surface area contributed by atoms with Gasteiger partial charge in [-0.1, -0.05) is 37.1 Å². The minimum atomic E-state index is -4.54. The summed E-state index contributed by atoms with van der Waals surface area (Å²) in [7, 11) is 0. The van der Waals surface area contributed by atoms with Gasteiger partial charge in [-0.25, -0.2) is 4.98 Å². The molecule has 1 fully saturated rings. The van der Waals surface area contributed by atoms with Crippen LogP contribution in [0.2, 0.25) is 5.02 Å². The standard InChI is InChI=1S/C27H27ClF3NO2/c1-2-17(15-24(33)19-7-11-20(28)12-8-19)18-9-13-21(14-10-18)34-25-16-26(27(29,30)31)32-23-6-4-3-5-22(23)25/h3-8,11-12,16-18,21H,2,9-10,13-15H2,1H3. The number of para-hydroxylation sites is 1. The van der Waals surface area contributed by atoms with Gasteiger partial charge in [-0.05, 0) is 73.9 Å². The van der Waals surface area contributed by atoms with Crippen LogP contribution >= 0.6 is 11.6 Å². The number of ether oxygens (including phenoxy) is 1. The Morgan fingerprint density at radius 3 is 2.41 bits per heavy atom. The summed E-state index contributed by atoms with van der Waals surface area (Å²) in [5.41, 5.74) is -0.000631. The van der Waals surface area contributed by atoms with Crippen molar-refractivity contribution in [3.8, 4) is 5.75 Å². The third-order valence-electron chi connectivity index (χ3n) is 6.79. The Kier molecular flexibility index (Phi) is 7.46. The summed E-state index contributed by atoms with van der Waals surface area (Å²) >= 11 is 5.92. The molecule has 0 spiro atoms. The van der Waals surface area contributed by atoms with E-state index in [0.29, 0.717) is 28.3 Å². The maximum Gasteiger partial charge on any atom is 0.433 e. The quantitative estimate of drug-likeness (QED) is 0.314. The van der Waals surface area contributed by atoms with Crippen molar-refractivity contribution in [2.45, 2.75) is 57.7 Å². The average Bonchev–Trinajstić information content (AvgIpc) is 2.83. The van der Waals surface area contributed by atoms with Gasteiger partial charge >= 0.3 is 6.18 Å². The van der Waals surface area contributed by atoms with E-state index in [1.807, 2.05) is 0 Å². The molecule has 1 unspecified atom stereocenters. The molecule has 0 radical (unpaired) electrons. The highest BCUT2D eigenvalue weighted by Crippen LogP contribution is 2.38. The average molecular weight is 490 g/mol. The van der Waals surface area contributed by atoms with Crippen LogP contribution in [0.3, 0.4) is 0 Å². The van der Waals surface area contributed by atoms with E-state index in [2.05, 4.69) is 11.9 Å². The van der Waals surface area contributed by atoms with E-state index in [9.17, 15) is 18.0 Å². The van der Waals surface area contributed by atoms with Gasteiger partial charge in [0.15, 0.2) is 5.78 Å². The maximum absolute atomic E-state index is 13.3. The van der Waals surface area contributed by atoms with Gasteiger partial charge < -0.3 is 4.74 Å². The van der Waals surface area contributed by atoms with Crippen LogP contribution in [-0.2, 0) is 6.18 Å². The first-order chi connectivity index (χ1) is 16.2. The van der Waals surface area contributed by atoms with E-state index in [4.69, 9.17) is 16.3 Å². The van der Waals surface area contributed by atoms with Gasteiger partial charge in [0, 0.05) is 28.5 Å². The monoisotopic (exact) mass is 489 g/mol. The Morgan fingerprint density at radius 1 is 1.09 bits per heavy atom. The second kappa shape index (κ2) is 10.3. The second-order valence-electron chi connectivity index (χ2n) is 8.98. The molecule has 0 saturated heterocycles. The zero-order valence-electron chi connectivity index (χ0n) is 18.9. The first kappa shape index (κ1) is 24.5. The van der Waals surface area contributed by atoms with Gasteiger partial charge in [0.1, 0.15) is 11.4 Å². The topological polar surface area (TPSA) is 39.2 Å². The lowest BCUT2D eigenvalue weighted by molar-refractivity contribution is -0.141. The van der Waals surface area contributed by atoms with Crippen LogP contribution in [0.15, 0.2) is 54.6 Å². The predicted molar refractivity (Wildman–Crippen MR) is 127 cm³/mol. The van der Waals surface area contributed by atoms with Crippen molar-refractivity contribution in [3.63, 3.8) is 0 Å². The molecular formula is C27H27ClF3NO2. The van der Waals surface area contributed by atoms with Crippen LogP contribution in [-0.4, -0.2) is 16.9 Å². The van der Waals surface area contributed by atoms with Crippen LogP contribution < -0.4 is 4.74 Å². The third-order valence-corrected chi connectivity index (χ3v) is 7.04. The summed E-state index contributed by atoms with van der Waals surface area (Å²) < 4.78 is 46.2. The maximum atomic E-state index is 13.3. The van der Waals surface area contributed by atoms with Crippen LogP contribution in [0.4, 0.5) is 13.2 Å². The molecular weight excluding hydrogens is 463 g/mol. The molecule has 180 valence electrons. The lowest BCUT2D eigenvalue weighted by Gasteiger charge is -2.33. The van der Waals surface area contributed by atoms with Crippen molar-refractivity contribution in [1.29, 1.82) is 0 Å². The molecule has 1 atom stereocenters. The molecule has 0 bridgehead atoms. The summed E-state index contributed by atoms with van der Waals surface area (Å²) in [5.74, 6) is 1.000. The van der Waals surface area contributed by atoms with E-state index in [1.165, 1.54) is 0 Å². The minimum absolute atomic E-state index is 0.116. The summed E-state index contributed by atoms with van der Waals surface area (Å²) in [5, 5.41) is 1.18. The highest BCUT2D eigenvalue weighted by Gasteiger charge is 2.34. The molecule has 1 heterocycles. The first-order valence-electron chi connectivity index (χ1n) is 11.7. The molecule has 1 aliphatic carbocycles. The third kappa shape index (κ3) is 5.72. The number of benzene rings is 2. The Bertz CT molecular complexity index is 1140. The number of pyridine rings is 1. The number of ketones is 1. The highest BCUT2D eigenvalue weighted by atomic mass is 35.5. The number of rotatable bonds is 7. The fraction of sp³-hybridized carbons (Fsp3) is 0.407. The smallest absolute Gasteiger partial charge is 0.433 e. The highest BCUT2D eigenvalue weighted by molar-refractivity contribution is 6.30. The van der Waals surface area contributed by atoms with Crippen molar-refractivity contribution in [2.24, 2.45) is 11.8 Å². The Hall–Kier alpha value is -2.60. The molecule has 0 aliphatic heterocycles. The van der Waals surface area contributed by atoms with E-state index < -0.39 is 11.9 Å². The van der Waals surface area contributed by atoms with Crippen LogP contribution in [0.5, 0.6) is 5.75 Å². The van der Waals surface area contributed by atoms with E-state index >= 15 is 0 Å². The SMILES string of the molecule is CCC(CC(=O)c1ccc(Cl)cc1)C1CCC(Oc2cc(C(F)(F)F)nc3ccccc23)CC1. The van der Waals surface area contributed by atoms with Gasteiger partial charge in [0.25, 0.3) is 0 Å². The number of carbonyl (C=O) groups is 1. The van der Waals surface area contributed by atoms with Crippen LogP contribution in [0, 0.1) is 11.8 Å². The molecule has 3 nitrogen and oxygen atoms in total. The fourth-order valence-electron chi connectivity index (χ4n) is 4.88. The number of halogens is 4. The van der Waals surface area contributed by atoms with Crippen LogP contribution in [0.1, 0.15) is 61.5 Å². The Morgan fingerprint density at radius 2 is 1.76 bits per heavy atom. The lowest BCUT2D eigenvalue weighted by Crippen LogP contribution is -2.29. The fourth-order valence-corrected chi connectivity index (χ4v) is 5.01. The number of Topliss-reactive ketones (excluding diaryl/α,β-unsaturated/α-hetero) is 1. The molecule has 0 N–H and O–H groups in total. The summed E-state index contributed by atoms with van der Waals surface area (Å²) in [6.45, 7) is 2.10. The van der Waals surface area contributed by atoms with Crippen LogP contribution in [0.25, 0.3) is 10.9 Å². The summed E-state index contributed by atoms with van der Waals surface area (Å²) in [4.78, 5) is 16.5. The van der Waals surface area contributed by atoms with Gasteiger partial charge in [-0.3, -0.25) is 4.79 Å².